The predicted octanol–water partition coefficient (Wildman–Crippen LogP) is 6.01. The van der Waals surface area contributed by atoms with E-state index in [1.54, 1.807) is 0 Å². The van der Waals surface area contributed by atoms with Crippen LogP contribution in [-0.2, 0) is 6.54 Å². The fraction of sp³-hybridized carbons (Fsp3) is 0.300. The van der Waals surface area contributed by atoms with Gasteiger partial charge in [0.1, 0.15) is 0 Å². The average molecular weight is 477 g/mol. The van der Waals surface area contributed by atoms with E-state index >= 15 is 0 Å². The van der Waals surface area contributed by atoms with Crippen molar-refractivity contribution in [1.29, 1.82) is 10.7 Å². The zero-order valence-corrected chi connectivity index (χ0v) is 21.0. The van der Waals surface area contributed by atoms with Crippen molar-refractivity contribution < 1.29 is 0 Å². The van der Waals surface area contributed by atoms with E-state index in [4.69, 9.17) is 10.4 Å². The molecular formula is C30H32N6. The molecule has 5 rings (SSSR count). The fourth-order valence-corrected chi connectivity index (χ4v) is 5.37. The predicted molar refractivity (Wildman–Crippen MR) is 148 cm³/mol. The number of likely N-dealkylation sites (tertiary alicyclic amines) is 1. The summed E-state index contributed by atoms with van der Waals surface area (Å²) in [5, 5.41) is 21.5. The van der Waals surface area contributed by atoms with E-state index in [2.05, 4.69) is 46.2 Å². The van der Waals surface area contributed by atoms with Crippen molar-refractivity contribution in [1.82, 2.24) is 14.5 Å². The molecule has 0 spiro atoms. The van der Waals surface area contributed by atoms with Crippen molar-refractivity contribution in [2.45, 2.75) is 25.8 Å². The molecule has 182 valence electrons. The van der Waals surface area contributed by atoms with Crippen LogP contribution in [0.4, 0.5) is 5.69 Å². The van der Waals surface area contributed by atoms with E-state index in [0.717, 1.165) is 57.6 Å². The summed E-state index contributed by atoms with van der Waals surface area (Å²) in [5.74, 6) is 0.660. The monoisotopic (exact) mass is 476 g/mol. The number of pyridine rings is 1. The van der Waals surface area contributed by atoms with Gasteiger partial charge < -0.3 is 20.2 Å². The molecule has 0 bridgehead atoms. The molecule has 0 amide bonds. The molecule has 1 atom stereocenters. The van der Waals surface area contributed by atoms with Crippen molar-refractivity contribution in [2.24, 2.45) is 5.92 Å². The van der Waals surface area contributed by atoms with Crippen LogP contribution in [0.3, 0.4) is 0 Å². The van der Waals surface area contributed by atoms with E-state index in [9.17, 15) is 5.26 Å². The first kappa shape index (κ1) is 23.8. The number of fused-ring (bicyclic) bond motifs is 1. The first-order chi connectivity index (χ1) is 17.6. The second-order valence-corrected chi connectivity index (χ2v) is 9.73. The number of aromatic nitrogens is 2. The Morgan fingerprint density at radius 1 is 1.11 bits per heavy atom. The topological polar surface area (TPSA) is 80.7 Å². The second kappa shape index (κ2) is 10.3. The molecule has 0 saturated carbocycles. The summed E-state index contributed by atoms with van der Waals surface area (Å²) >= 11 is 0. The first-order valence-corrected chi connectivity index (χ1v) is 12.6. The van der Waals surface area contributed by atoms with Crippen molar-refractivity contribution in [3.8, 4) is 28.5 Å². The van der Waals surface area contributed by atoms with Crippen LogP contribution in [0.1, 0.15) is 30.4 Å². The summed E-state index contributed by atoms with van der Waals surface area (Å²) in [7, 11) is 4.08. The Morgan fingerprint density at radius 3 is 2.67 bits per heavy atom. The van der Waals surface area contributed by atoms with Gasteiger partial charge in [0.2, 0.25) is 0 Å². The molecule has 6 nitrogen and oxygen atoms in total. The van der Waals surface area contributed by atoms with Gasteiger partial charge in [-0.15, -0.1) is 0 Å². The highest BCUT2D eigenvalue weighted by molar-refractivity contribution is 6.02. The largest absolute Gasteiger partial charge is 0.388 e. The fourth-order valence-electron chi connectivity index (χ4n) is 5.37. The molecule has 4 aromatic rings. The standard InChI is InChI=1S/C30H32N6/c1-33-27-10-9-24(16-25(27)18-32)30-29(23-7-5-21(17-31)6-8-23)26-12-15-36(28(26)19-34-30)20-22-4-3-13-35(2)14-11-22/h5-10,12,15-16,18-19,22,32-33H,3-4,11,13-14,20H2,1-2H3. The second-order valence-electron chi connectivity index (χ2n) is 9.73. The van der Waals surface area contributed by atoms with Gasteiger partial charge in [-0.3, -0.25) is 4.98 Å². The number of rotatable bonds is 6. The van der Waals surface area contributed by atoms with Gasteiger partial charge in [-0.2, -0.15) is 5.26 Å². The Labute approximate surface area is 212 Å². The molecule has 1 unspecified atom stereocenters. The Balaban J connectivity index is 1.63. The molecule has 0 radical (unpaired) electrons. The lowest BCUT2D eigenvalue weighted by atomic mass is 9.94. The maximum Gasteiger partial charge on any atom is 0.0991 e. The molecule has 3 heterocycles. The van der Waals surface area contributed by atoms with Crippen LogP contribution < -0.4 is 5.32 Å². The van der Waals surface area contributed by atoms with Gasteiger partial charge in [0, 0.05) is 53.8 Å². The number of anilines is 1. The average Bonchev–Trinajstić information content (AvgIpc) is 3.21. The molecule has 36 heavy (non-hydrogen) atoms. The molecule has 2 N–H and O–H groups in total. The zero-order valence-electron chi connectivity index (χ0n) is 21.0. The Kier molecular flexibility index (Phi) is 6.84. The molecular weight excluding hydrogens is 444 g/mol. The van der Waals surface area contributed by atoms with Gasteiger partial charge in [-0.1, -0.05) is 18.2 Å². The van der Waals surface area contributed by atoms with Gasteiger partial charge >= 0.3 is 0 Å². The maximum absolute atomic E-state index is 9.31. The number of nitriles is 1. The summed E-state index contributed by atoms with van der Waals surface area (Å²) in [5.41, 5.74) is 7.44. The van der Waals surface area contributed by atoms with Gasteiger partial charge in [0.15, 0.2) is 0 Å². The number of hydrogen-bond donors (Lipinski definition) is 2. The third kappa shape index (κ3) is 4.62. The highest BCUT2D eigenvalue weighted by Gasteiger charge is 2.20. The highest BCUT2D eigenvalue weighted by Crippen LogP contribution is 2.38. The highest BCUT2D eigenvalue weighted by atomic mass is 15.1. The number of nitrogens with one attached hydrogen (secondary N) is 2. The lowest BCUT2D eigenvalue weighted by Gasteiger charge is -2.17. The first-order valence-electron chi connectivity index (χ1n) is 12.6. The van der Waals surface area contributed by atoms with Gasteiger partial charge in [0.25, 0.3) is 0 Å². The van der Waals surface area contributed by atoms with Crippen molar-refractivity contribution in [3.05, 3.63) is 72.1 Å². The minimum absolute atomic E-state index is 0.640. The molecule has 6 heteroatoms. The molecule has 1 saturated heterocycles. The van der Waals surface area contributed by atoms with Crippen LogP contribution in [0, 0.1) is 22.7 Å². The Hall–Kier alpha value is -3.95. The molecule has 1 aliphatic heterocycles. The smallest absolute Gasteiger partial charge is 0.0991 e. The molecule has 0 aliphatic carbocycles. The number of nitrogens with zero attached hydrogens (tertiary/aromatic N) is 4. The number of hydrogen-bond acceptors (Lipinski definition) is 5. The summed E-state index contributed by atoms with van der Waals surface area (Å²) in [6.45, 7) is 3.33. The van der Waals surface area contributed by atoms with Gasteiger partial charge in [0.05, 0.1) is 29.0 Å². The van der Waals surface area contributed by atoms with Crippen LogP contribution in [0.5, 0.6) is 0 Å². The normalized spacial score (nSPS) is 16.4. The minimum Gasteiger partial charge on any atom is -0.388 e. The lowest BCUT2D eigenvalue weighted by Crippen LogP contribution is -2.19. The molecule has 2 aromatic heterocycles. The lowest BCUT2D eigenvalue weighted by molar-refractivity contribution is 0.335. The summed E-state index contributed by atoms with van der Waals surface area (Å²) in [4.78, 5) is 7.43. The van der Waals surface area contributed by atoms with Crippen molar-refractivity contribution in [3.63, 3.8) is 0 Å². The van der Waals surface area contributed by atoms with Crippen molar-refractivity contribution in [2.75, 3.05) is 32.5 Å². The van der Waals surface area contributed by atoms with E-state index in [1.165, 1.54) is 32.0 Å². The zero-order chi connectivity index (χ0) is 25.1. The van der Waals surface area contributed by atoms with E-state index in [-0.39, 0.29) is 0 Å². The molecule has 2 aromatic carbocycles. The van der Waals surface area contributed by atoms with Crippen LogP contribution >= 0.6 is 0 Å². The van der Waals surface area contributed by atoms with Crippen LogP contribution in [0.25, 0.3) is 33.3 Å². The van der Waals surface area contributed by atoms with Gasteiger partial charge in [-0.25, -0.2) is 0 Å². The third-order valence-corrected chi connectivity index (χ3v) is 7.41. The Bertz CT molecular complexity index is 1430. The molecule has 1 aliphatic rings. The van der Waals surface area contributed by atoms with Crippen molar-refractivity contribution >= 4 is 22.8 Å². The summed E-state index contributed by atoms with van der Waals surface area (Å²) in [6.07, 6.45) is 9.28. The maximum atomic E-state index is 9.31. The minimum atomic E-state index is 0.640. The SMILES string of the molecule is CNc1ccc(-c2ncc3c(ccn3CC3CCCN(C)CC3)c2-c2ccc(C#N)cc2)cc1C=N. The van der Waals surface area contributed by atoms with Crippen LogP contribution in [0.15, 0.2) is 60.9 Å². The van der Waals surface area contributed by atoms with E-state index < -0.39 is 0 Å². The van der Waals surface area contributed by atoms with E-state index in [0.29, 0.717) is 11.5 Å². The quantitative estimate of drug-likeness (QED) is 0.334. The van der Waals surface area contributed by atoms with E-state index in [1.807, 2.05) is 49.6 Å². The third-order valence-electron chi connectivity index (χ3n) is 7.41. The van der Waals surface area contributed by atoms with Crippen LogP contribution in [0.2, 0.25) is 0 Å². The van der Waals surface area contributed by atoms with Gasteiger partial charge in [-0.05, 0) is 81.2 Å². The summed E-state index contributed by atoms with van der Waals surface area (Å²) in [6, 6.07) is 18.2. The van der Waals surface area contributed by atoms with Crippen LogP contribution in [-0.4, -0.2) is 47.9 Å². The molecule has 1 fully saturated rings. The number of benzene rings is 2. The summed E-state index contributed by atoms with van der Waals surface area (Å²) < 4.78 is 2.36. The Morgan fingerprint density at radius 2 is 1.92 bits per heavy atom.